The fraction of sp³-hybridized carbons (Fsp3) is 0. The Morgan fingerprint density at radius 2 is 1.95 bits per heavy atom. The summed E-state index contributed by atoms with van der Waals surface area (Å²) >= 11 is 12.1. The van der Waals surface area contributed by atoms with Crippen LogP contribution in [0.2, 0.25) is 10.0 Å². The average Bonchev–Trinajstić information content (AvgIpc) is 2.43. The van der Waals surface area contributed by atoms with Crippen molar-refractivity contribution in [3.63, 3.8) is 0 Å². The van der Waals surface area contributed by atoms with Crippen LogP contribution in [0.3, 0.4) is 0 Å². The van der Waals surface area contributed by atoms with Crippen molar-refractivity contribution >= 4 is 39.9 Å². The predicted molar refractivity (Wildman–Crippen MR) is 81.0 cm³/mol. The molecule has 0 atom stereocenters. The average molecular weight is 324 g/mol. The Kier molecular flexibility index (Phi) is 3.31. The summed E-state index contributed by atoms with van der Waals surface area (Å²) in [6, 6.07) is 5.81. The summed E-state index contributed by atoms with van der Waals surface area (Å²) in [6.07, 6.45) is 1.19. The molecule has 0 saturated carbocycles. The van der Waals surface area contributed by atoms with E-state index in [9.17, 15) is 9.50 Å². The molecule has 0 aliphatic rings. The number of aromatic nitrogens is 2. The minimum Gasteiger partial charge on any atom is -0.507 e. The molecule has 0 fully saturated rings. The van der Waals surface area contributed by atoms with Gasteiger partial charge in [-0.05, 0) is 6.07 Å². The molecule has 1 heterocycles. The fourth-order valence-electron chi connectivity index (χ4n) is 2.17. The molecular formula is C14H8Cl2FN3O. The van der Waals surface area contributed by atoms with Crippen molar-refractivity contribution in [2.45, 2.75) is 0 Å². The predicted octanol–water partition coefficient (Wildman–Crippen LogP) is 4.03. The first-order chi connectivity index (χ1) is 10.0. The molecule has 1 aromatic heterocycles. The summed E-state index contributed by atoms with van der Waals surface area (Å²) in [6.45, 7) is 0. The van der Waals surface area contributed by atoms with Gasteiger partial charge in [-0.2, -0.15) is 0 Å². The van der Waals surface area contributed by atoms with Crippen LogP contribution in [0, 0.1) is 5.82 Å². The van der Waals surface area contributed by atoms with Gasteiger partial charge in [-0.25, -0.2) is 14.4 Å². The summed E-state index contributed by atoms with van der Waals surface area (Å²) in [7, 11) is 0. The number of hydrogen-bond donors (Lipinski definition) is 2. The topological polar surface area (TPSA) is 72.0 Å². The van der Waals surface area contributed by atoms with Gasteiger partial charge < -0.3 is 10.8 Å². The van der Waals surface area contributed by atoms with Crippen LogP contribution in [0.25, 0.3) is 22.0 Å². The highest BCUT2D eigenvalue weighted by Gasteiger charge is 2.19. The number of nitrogen functional groups attached to an aromatic ring is 1. The smallest absolute Gasteiger partial charge is 0.138 e. The highest BCUT2D eigenvalue weighted by molar-refractivity contribution is 6.44. The van der Waals surface area contributed by atoms with E-state index < -0.39 is 5.82 Å². The standard InChI is InChI=1S/C14H8Cl2FN3O/c15-7-3-1-2-6(12(7)16)10-8(17)4-9(21)11-13(10)19-5-20-14(11)18/h1-5,21H,(H2,18,19,20). The quantitative estimate of drug-likeness (QED) is 0.709. The lowest BCUT2D eigenvalue weighted by Crippen LogP contribution is -1.97. The van der Waals surface area contributed by atoms with Gasteiger partial charge in [-0.3, -0.25) is 0 Å². The maximum Gasteiger partial charge on any atom is 0.138 e. The van der Waals surface area contributed by atoms with Crippen molar-refractivity contribution in [1.82, 2.24) is 9.97 Å². The molecule has 0 saturated heterocycles. The molecule has 0 aliphatic carbocycles. The number of benzene rings is 2. The number of nitrogens with zero attached hydrogens (tertiary/aromatic N) is 2. The molecule has 0 bridgehead atoms. The lowest BCUT2D eigenvalue weighted by molar-refractivity contribution is 0.476. The second-order valence-corrected chi connectivity index (χ2v) is 5.12. The number of nitrogens with two attached hydrogens (primary N) is 1. The molecular weight excluding hydrogens is 316 g/mol. The number of phenols is 1. The molecule has 0 aliphatic heterocycles. The van der Waals surface area contributed by atoms with Gasteiger partial charge in [0.15, 0.2) is 0 Å². The number of halogens is 3. The van der Waals surface area contributed by atoms with E-state index in [4.69, 9.17) is 28.9 Å². The number of fused-ring (bicyclic) bond motifs is 1. The van der Waals surface area contributed by atoms with Crippen molar-refractivity contribution in [1.29, 1.82) is 0 Å². The van der Waals surface area contributed by atoms with E-state index in [1.54, 1.807) is 18.2 Å². The summed E-state index contributed by atoms with van der Waals surface area (Å²) in [5, 5.41) is 10.5. The molecule has 7 heteroatoms. The van der Waals surface area contributed by atoms with Gasteiger partial charge in [-0.1, -0.05) is 35.3 Å². The molecule has 0 unspecified atom stereocenters. The third-order valence-corrected chi connectivity index (χ3v) is 3.91. The molecule has 3 rings (SSSR count). The zero-order valence-corrected chi connectivity index (χ0v) is 12.0. The van der Waals surface area contributed by atoms with Gasteiger partial charge in [0.05, 0.1) is 20.9 Å². The number of phenolic OH excluding ortho intramolecular Hbond substituents is 1. The van der Waals surface area contributed by atoms with E-state index in [0.29, 0.717) is 5.56 Å². The lowest BCUT2D eigenvalue weighted by Gasteiger charge is -2.12. The molecule has 0 radical (unpaired) electrons. The molecule has 0 amide bonds. The Bertz CT molecular complexity index is 870. The van der Waals surface area contributed by atoms with E-state index in [1.165, 1.54) is 6.33 Å². The lowest BCUT2D eigenvalue weighted by atomic mass is 10.0. The van der Waals surface area contributed by atoms with Crippen LogP contribution in [-0.4, -0.2) is 15.1 Å². The molecule has 21 heavy (non-hydrogen) atoms. The van der Waals surface area contributed by atoms with E-state index in [2.05, 4.69) is 9.97 Å². The van der Waals surface area contributed by atoms with Crippen molar-refractivity contribution in [3.05, 3.63) is 46.5 Å². The second-order valence-electron chi connectivity index (χ2n) is 4.34. The van der Waals surface area contributed by atoms with Crippen molar-refractivity contribution in [2.24, 2.45) is 0 Å². The Morgan fingerprint density at radius 1 is 1.19 bits per heavy atom. The van der Waals surface area contributed by atoms with Crippen LogP contribution in [0.5, 0.6) is 5.75 Å². The zero-order chi connectivity index (χ0) is 15.1. The summed E-state index contributed by atoms with van der Waals surface area (Å²) < 4.78 is 14.3. The third-order valence-electron chi connectivity index (χ3n) is 3.09. The molecule has 2 aromatic carbocycles. The largest absolute Gasteiger partial charge is 0.507 e. The first kappa shape index (κ1) is 13.9. The van der Waals surface area contributed by atoms with Gasteiger partial charge >= 0.3 is 0 Å². The molecule has 3 N–H and O–H groups in total. The highest BCUT2D eigenvalue weighted by Crippen LogP contribution is 2.41. The van der Waals surface area contributed by atoms with Crippen molar-refractivity contribution in [2.75, 3.05) is 5.73 Å². The molecule has 0 spiro atoms. The molecule has 3 aromatic rings. The Labute approximate surface area is 129 Å². The van der Waals surface area contributed by atoms with Crippen LogP contribution >= 0.6 is 23.2 Å². The Balaban J connectivity index is 2.48. The minimum atomic E-state index is -0.678. The summed E-state index contributed by atoms with van der Waals surface area (Å²) in [4.78, 5) is 7.82. The zero-order valence-electron chi connectivity index (χ0n) is 10.4. The van der Waals surface area contributed by atoms with Crippen LogP contribution in [0.4, 0.5) is 10.2 Å². The van der Waals surface area contributed by atoms with E-state index in [0.717, 1.165) is 6.07 Å². The van der Waals surface area contributed by atoms with E-state index in [1.807, 2.05) is 0 Å². The number of hydrogen-bond acceptors (Lipinski definition) is 4. The first-order valence-electron chi connectivity index (χ1n) is 5.86. The van der Waals surface area contributed by atoms with E-state index >= 15 is 0 Å². The van der Waals surface area contributed by atoms with Crippen LogP contribution in [0.1, 0.15) is 0 Å². The van der Waals surface area contributed by atoms with Gasteiger partial charge in [0.1, 0.15) is 23.7 Å². The SMILES string of the molecule is Nc1ncnc2c(-c3cccc(Cl)c3Cl)c(F)cc(O)c12. The number of rotatable bonds is 1. The normalized spacial score (nSPS) is 11.0. The molecule has 106 valence electrons. The monoisotopic (exact) mass is 323 g/mol. The minimum absolute atomic E-state index is 0.0527. The maximum absolute atomic E-state index is 14.3. The molecule has 4 nitrogen and oxygen atoms in total. The van der Waals surface area contributed by atoms with Gasteiger partial charge in [-0.15, -0.1) is 0 Å². The number of anilines is 1. The van der Waals surface area contributed by atoms with Crippen molar-refractivity contribution in [3.8, 4) is 16.9 Å². The van der Waals surface area contributed by atoms with Crippen molar-refractivity contribution < 1.29 is 9.50 Å². The summed E-state index contributed by atoms with van der Waals surface area (Å²) in [5.41, 5.74) is 6.38. The van der Waals surface area contributed by atoms with Gasteiger partial charge in [0.25, 0.3) is 0 Å². The second kappa shape index (κ2) is 5.02. The van der Waals surface area contributed by atoms with Gasteiger partial charge in [0.2, 0.25) is 0 Å². The Morgan fingerprint density at radius 3 is 2.71 bits per heavy atom. The number of aromatic hydroxyl groups is 1. The van der Waals surface area contributed by atoms with E-state index in [-0.39, 0.29) is 38.1 Å². The highest BCUT2D eigenvalue weighted by atomic mass is 35.5. The van der Waals surface area contributed by atoms with Crippen LogP contribution in [0.15, 0.2) is 30.6 Å². The first-order valence-corrected chi connectivity index (χ1v) is 6.62. The van der Waals surface area contributed by atoms with Crippen LogP contribution in [-0.2, 0) is 0 Å². The Hall–Kier alpha value is -2.11. The third kappa shape index (κ3) is 2.14. The maximum atomic E-state index is 14.3. The van der Waals surface area contributed by atoms with Crippen LogP contribution < -0.4 is 5.73 Å². The fourth-order valence-corrected chi connectivity index (χ4v) is 2.57. The summed E-state index contributed by atoms with van der Waals surface area (Å²) in [5.74, 6) is -0.957. The van der Waals surface area contributed by atoms with Gasteiger partial charge in [0, 0.05) is 17.2 Å².